The summed E-state index contributed by atoms with van der Waals surface area (Å²) in [5.74, 6) is -0.424. The van der Waals surface area contributed by atoms with Crippen LogP contribution in [-0.4, -0.2) is 11.1 Å². The van der Waals surface area contributed by atoms with Gasteiger partial charge in [0.15, 0.2) is 0 Å². The van der Waals surface area contributed by atoms with Crippen molar-refractivity contribution in [2.75, 3.05) is 0 Å². The lowest BCUT2D eigenvalue weighted by molar-refractivity contribution is -0.145. The molecule has 1 N–H and O–H groups in total. The van der Waals surface area contributed by atoms with Gasteiger partial charge in [-0.3, -0.25) is 4.79 Å². The van der Waals surface area contributed by atoms with Crippen molar-refractivity contribution < 1.29 is 14.3 Å². The van der Waals surface area contributed by atoms with E-state index in [0.717, 1.165) is 31.2 Å². The van der Waals surface area contributed by atoms with Crippen molar-refractivity contribution in [3.63, 3.8) is 0 Å². The molecule has 1 fully saturated rings. The van der Waals surface area contributed by atoms with Crippen molar-refractivity contribution in [1.82, 2.24) is 0 Å². The first-order chi connectivity index (χ1) is 9.52. The minimum absolute atomic E-state index is 0.198. The topological polar surface area (TPSA) is 37.3 Å². The van der Waals surface area contributed by atoms with E-state index in [1.807, 2.05) is 19.9 Å². The van der Waals surface area contributed by atoms with Crippen LogP contribution < -0.4 is 0 Å². The molecule has 0 heterocycles. The summed E-state index contributed by atoms with van der Waals surface area (Å²) in [6.45, 7) is 4.06. The molecule has 4 atom stereocenters. The number of benzene rings is 1. The van der Waals surface area contributed by atoms with Crippen molar-refractivity contribution in [1.29, 1.82) is 0 Å². The van der Waals surface area contributed by atoms with Gasteiger partial charge in [-0.1, -0.05) is 32.4 Å². The molecule has 1 saturated carbocycles. The third-order valence-corrected chi connectivity index (χ3v) is 4.84. The molecule has 1 unspecified atom stereocenters. The first-order valence-electron chi connectivity index (χ1n) is 7.51. The second kappa shape index (κ2) is 6.38. The molecule has 110 valence electrons. The van der Waals surface area contributed by atoms with Crippen LogP contribution in [0, 0.1) is 23.6 Å². The Morgan fingerprint density at radius 3 is 2.80 bits per heavy atom. The van der Waals surface area contributed by atoms with Crippen molar-refractivity contribution in [3.05, 3.63) is 35.6 Å². The SMILES string of the molecule is CC[C@H](C)[C@H](C(=O)O)C1CC[C@@H](c2cccc(F)c2)C1. The standard InChI is InChI=1S/C17H23FO2/c1-3-11(2)16(17(19)20)14-8-7-13(9-14)12-5-4-6-15(18)10-12/h4-6,10-11,13-14,16H,3,7-9H2,1-2H3,(H,19,20)/t11-,13+,14?,16-/m0/s1. The Hall–Kier alpha value is -1.38. The van der Waals surface area contributed by atoms with Gasteiger partial charge < -0.3 is 5.11 Å². The summed E-state index contributed by atoms with van der Waals surface area (Å²) in [7, 11) is 0. The Kier molecular flexibility index (Phi) is 4.79. The fraction of sp³-hybridized carbons (Fsp3) is 0.588. The van der Waals surface area contributed by atoms with Crippen LogP contribution in [0.5, 0.6) is 0 Å². The first-order valence-corrected chi connectivity index (χ1v) is 7.51. The number of carboxylic acid groups (broad SMARTS) is 1. The molecular formula is C17H23FO2. The highest BCUT2D eigenvalue weighted by Gasteiger charge is 2.37. The summed E-state index contributed by atoms with van der Waals surface area (Å²) in [5.41, 5.74) is 1.01. The summed E-state index contributed by atoms with van der Waals surface area (Å²) < 4.78 is 13.3. The lowest BCUT2D eigenvalue weighted by atomic mass is 9.79. The zero-order chi connectivity index (χ0) is 14.7. The van der Waals surface area contributed by atoms with Gasteiger partial charge >= 0.3 is 5.97 Å². The van der Waals surface area contributed by atoms with Gasteiger partial charge in [0.25, 0.3) is 0 Å². The highest BCUT2D eigenvalue weighted by Crippen LogP contribution is 2.44. The van der Waals surface area contributed by atoms with E-state index in [-0.39, 0.29) is 23.6 Å². The van der Waals surface area contributed by atoms with E-state index in [1.54, 1.807) is 12.1 Å². The lowest BCUT2D eigenvalue weighted by Crippen LogP contribution is -2.28. The molecule has 2 nitrogen and oxygen atoms in total. The van der Waals surface area contributed by atoms with E-state index in [9.17, 15) is 14.3 Å². The smallest absolute Gasteiger partial charge is 0.307 e. The van der Waals surface area contributed by atoms with Gasteiger partial charge in [0.05, 0.1) is 5.92 Å². The van der Waals surface area contributed by atoms with E-state index in [1.165, 1.54) is 6.07 Å². The summed E-state index contributed by atoms with van der Waals surface area (Å²) in [4.78, 5) is 11.5. The number of rotatable bonds is 5. The van der Waals surface area contributed by atoms with E-state index in [4.69, 9.17) is 0 Å². The molecule has 0 aliphatic heterocycles. The van der Waals surface area contributed by atoms with Crippen LogP contribution >= 0.6 is 0 Å². The molecule has 3 heteroatoms. The van der Waals surface area contributed by atoms with Gasteiger partial charge in [-0.15, -0.1) is 0 Å². The Morgan fingerprint density at radius 2 is 2.20 bits per heavy atom. The van der Waals surface area contributed by atoms with Crippen LogP contribution in [0.25, 0.3) is 0 Å². The van der Waals surface area contributed by atoms with Crippen LogP contribution in [0.3, 0.4) is 0 Å². The fourth-order valence-electron chi connectivity index (χ4n) is 3.57. The molecule has 0 spiro atoms. The van der Waals surface area contributed by atoms with E-state index in [2.05, 4.69) is 0 Å². The van der Waals surface area contributed by atoms with Crippen molar-refractivity contribution in [3.8, 4) is 0 Å². The van der Waals surface area contributed by atoms with E-state index in [0.29, 0.717) is 5.92 Å². The molecular weight excluding hydrogens is 255 g/mol. The molecule has 1 aliphatic carbocycles. The fourth-order valence-corrected chi connectivity index (χ4v) is 3.57. The van der Waals surface area contributed by atoms with Gasteiger partial charge in [0.1, 0.15) is 5.82 Å². The maximum absolute atomic E-state index is 13.3. The number of hydrogen-bond donors (Lipinski definition) is 1. The van der Waals surface area contributed by atoms with Crippen molar-refractivity contribution in [2.24, 2.45) is 17.8 Å². The summed E-state index contributed by atoms with van der Waals surface area (Å²) >= 11 is 0. The van der Waals surface area contributed by atoms with Crippen LogP contribution in [0.1, 0.15) is 51.0 Å². The molecule has 1 aliphatic rings. The van der Waals surface area contributed by atoms with Gasteiger partial charge in [-0.2, -0.15) is 0 Å². The second-order valence-corrected chi connectivity index (χ2v) is 6.07. The Morgan fingerprint density at radius 1 is 1.45 bits per heavy atom. The number of halogens is 1. The first kappa shape index (κ1) is 15.0. The zero-order valence-electron chi connectivity index (χ0n) is 12.2. The van der Waals surface area contributed by atoms with Gasteiger partial charge in [0.2, 0.25) is 0 Å². The second-order valence-electron chi connectivity index (χ2n) is 6.07. The largest absolute Gasteiger partial charge is 0.481 e. The monoisotopic (exact) mass is 278 g/mol. The molecule has 0 radical (unpaired) electrons. The normalized spacial score (nSPS) is 25.4. The van der Waals surface area contributed by atoms with Crippen molar-refractivity contribution in [2.45, 2.75) is 45.4 Å². The number of aliphatic carboxylic acids is 1. The minimum Gasteiger partial charge on any atom is -0.481 e. The highest BCUT2D eigenvalue weighted by molar-refractivity contribution is 5.70. The van der Waals surface area contributed by atoms with Crippen LogP contribution in [0.2, 0.25) is 0 Å². The average Bonchev–Trinajstić information content (AvgIpc) is 2.87. The molecule has 0 aromatic heterocycles. The summed E-state index contributed by atoms with van der Waals surface area (Å²) in [6, 6.07) is 6.73. The maximum atomic E-state index is 13.3. The summed E-state index contributed by atoms with van der Waals surface area (Å²) in [6.07, 6.45) is 3.65. The molecule has 2 rings (SSSR count). The minimum atomic E-state index is -0.677. The predicted molar refractivity (Wildman–Crippen MR) is 77.1 cm³/mol. The molecule has 20 heavy (non-hydrogen) atoms. The van der Waals surface area contributed by atoms with Crippen LogP contribution in [-0.2, 0) is 4.79 Å². The Balaban J connectivity index is 2.09. The maximum Gasteiger partial charge on any atom is 0.307 e. The molecule has 0 saturated heterocycles. The average molecular weight is 278 g/mol. The highest BCUT2D eigenvalue weighted by atomic mass is 19.1. The predicted octanol–water partition coefficient (Wildman–Crippen LogP) is 4.46. The van der Waals surface area contributed by atoms with Crippen LogP contribution in [0.4, 0.5) is 4.39 Å². The number of carbonyl (C=O) groups is 1. The molecule has 1 aromatic rings. The molecule has 0 bridgehead atoms. The van der Waals surface area contributed by atoms with Crippen molar-refractivity contribution >= 4 is 5.97 Å². The molecule has 0 amide bonds. The van der Waals surface area contributed by atoms with Gasteiger partial charge in [-0.05, 0) is 54.7 Å². The Labute approximate surface area is 120 Å². The number of hydrogen-bond acceptors (Lipinski definition) is 1. The lowest BCUT2D eigenvalue weighted by Gasteiger charge is -2.25. The third kappa shape index (κ3) is 3.20. The third-order valence-electron chi connectivity index (χ3n) is 4.84. The Bertz CT molecular complexity index is 472. The molecule has 1 aromatic carbocycles. The van der Waals surface area contributed by atoms with Gasteiger partial charge in [-0.25, -0.2) is 4.39 Å². The number of carboxylic acids is 1. The zero-order valence-corrected chi connectivity index (χ0v) is 12.2. The van der Waals surface area contributed by atoms with Gasteiger partial charge in [0, 0.05) is 0 Å². The van der Waals surface area contributed by atoms with E-state index >= 15 is 0 Å². The quantitative estimate of drug-likeness (QED) is 0.863. The van der Waals surface area contributed by atoms with E-state index < -0.39 is 5.97 Å². The van der Waals surface area contributed by atoms with Crippen LogP contribution in [0.15, 0.2) is 24.3 Å². The summed E-state index contributed by atoms with van der Waals surface area (Å²) in [5, 5.41) is 9.48.